The zero-order chi connectivity index (χ0) is 11.6. The summed E-state index contributed by atoms with van der Waals surface area (Å²) < 4.78 is 17.2. The Morgan fingerprint density at radius 1 is 1.38 bits per heavy atom. The lowest BCUT2D eigenvalue weighted by Crippen LogP contribution is -2.09. The summed E-state index contributed by atoms with van der Waals surface area (Å²) in [5, 5.41) is 0. The first-order chi connectivity index (χ1) is 7.58. The lowest BCUT2D eigenvalue weighted by atomic mass is 10.2. The second kappa shape index (κ2) is 4.23. The van der Waals surface area contributed by atoms with E-state index in [-0.39, 0.29) is 6.01 Å². The monoisotopic (exact) mass is 254 g/mol. The van der Waals surface area contributed by atoms with Crippen molar-refractivity contribution in [2.24, 2.45) is 0 Å². The molecule has 1 unspecified atom stereocenters. The molecule has 16 heavy (non-hydrogen) atoms. The summed E-state index contributed by atoms with van der Waals surface area (Å²) in [7, 11) is -2.96. The summed E-state index contributed by atoms with van der Waals surface area (Å²) in [5.41, 5.74) is 1.08. The number of imidazole rings is 1. The molecule has 2 rings (SSSR count). The Bertz CT molecular complexity index is 559. The van der Waals surface area contributed by atoms with Gasteiger partial charge >= 0.3 is 6.01 Å². The van der Waals surface area contributed by atoms with E-state index < -0.39 is 8.77 Å². The standard InChI is InChI=1S/C10H10N2O2S2/c1-8-2-4-9(5-3-8)16(13,15)14-10-11-6-7-12-10/h2-7H,1H3,(H,11,12). The van der Waals surface area contributed by atoms with Crippen molar-refractivity contribution < 1.29 is 8.39 Å². The normalized spacial score (nSPS) is 14.3. The number of aromatic amines is 1. The molecule has 1 aromatic heterocycles. The minimum absolute atomic E-state index is 0.167. The van der Waals surface area contributed by atoms with Crippen LogP contribution in [-0.2, 0) is 20.0 Å². The second-order valence-electron chi connectivity index (χ2n) is 3.24. The third-order valence-corrected chi connectivity index (χ3v) is 3.98. The summed E-state index contributed by atoms with van der Waals surface area (Å²) >= 11 is 4.95. The molecule has 0 radical (unpaired) electrons. The third kappa shape index (κ3) is 2.40. The fourth-order valence-electron chi connectivity index (χ4n) is 1.15. The molecule has 4 nitrogen and oxygen atoms in total. The molecule has 1 N–H and O–H groups in total. The predicted octanol–water partition coefficient (Wildman–Crippen LogP) is 1.82. The SMILES string of the molecule is Cc1ccc(S(=O)(=S)Oc2ncc[nH]2)cc1. The molecule has 0 fully saturated rings. The number of aryl methyl sites for hydroxylation is 1. The van der Waals surface area contributed by atoms with Crippen LogP contribution in [-0.4, -0.2) is 14.2 Å². The largest absolute Gasteiger partial charge is 0.360 e. The van der Waals surface area contributed by atoms with Crippen LogP contribution in [0, 0.1) is 6.92 Å². The van der Waals surface area contributed by atoms with Crippen LogP contribution in [0.3, 0.4) is 0 Å². The third-order valence-electron chi connectivity index (χ3n) is 1.97. The van der Waals surface area contributed by atoms with Crippen molar-refractivity contribution in [2.75, 3.05) is 0 Å². The maximum Gasteiger partial charge on any atom is 0.308 e. The van der Waals surface area contributed by atoms with Crippen LogP contribution in [0.2, 0.25) is 0 Å². The van der Waals surface area contributed by atoms with Gasteiger partial charge in [0.05, 0.1) is 4.90 Å². The average Bonchev–Trinajstić information content (AvgIpc) is 2.70. The molecule has 0 aliphatic carbocycles. The summed E-state index contributed by atoms with van der Waals surface area (Å²) in [5.74, 6) is 0. The number of aromatic nitrogens is 2. The Morgan fingerprint density at radius 2 is 2.06 bits per heavy atom. The molecular formula is C10H10N2O2S2. The molecule has 0 saturated heterocycles. The minimum atomic E-state index is -2.96. The number of nitrogens with one attached hydrogen (secondary N) is 1. The number of H-pyrrole nitrogens is 1. The van der Waals surface area contributed by atoms with Crippen molar-refractivity contribution in [2.45, 2.75) is 11.8 Å². The van der Waals surface area contributed by atoms with Gasteiger partial charge in [-0.15, -0.1) is 0 Å². The Kier molecular flexibility index (Phi) is 2.93. The van der Waals surface area contributed by atoms with Crippen molar-refractivity contribution in [3.05, 3.63) is 42.2 Å². The quantitative estimate of drug-likeness (QED) is 0.907. The summed E-state index contributed by atoms with van der Waals surface area (Å²) in [6.45, 7) is 1.95. The lowest BCUT2D eigenvalue weighted by Gasteiger charge is -2.06. The van der Waals surface area contributed by atoms with Gasteiger partial charge in [0.1, 0.15) is 0 Å². The molecule has 1 aromatic carbocycles. The number of nitrogens with zero attached hydrogens (tertiary/aromatic N) is 1. The molecule has 0 saturated carbocycles. The molecule has 1 atom stereocenters. The van der Waals surface area contributed by atoms with Crippen LogP contribution in [0.1, 0.15) is 5.56 Å². The molecular weight excluding hydrogens is 244 g/mol. The predicted molar refractivity (Wildman–Crippen MR) is 64.2 cm³/mol. The Morgan fingerprint density at radius 3 is 2.62 bits per heavy atom. The van der Waals surface area contributed by atoms with E-state index in [2.05, 4.69) is 9.97 Å². The molecule has 0 bridgehead atoms. The van der Waals surface area contributed by atoms with Crippen LogP contribution < -0.4 is 4.18 Å². The highest BCUT2D eigenvalue weighted by Crippen LogP contribution is 2.15. The highest BCUT2D eigenvalue weighted by molar-refractivity contribution is 8.30. The first-order valence-corrected chi connectivity index (χ1v) is 6.99. The molecule has 84 valence electrons. The molecule has 2 aromatic rings. The van der Waals surface area contributed by atoms with Crippen molar-refractivity contribution >= 4 is 20.0 Å². The minimum Gasteiger partial charge on any atom is -0.360 e. The molecule has 1 heterocycles. The van der Waals surface area contributed by atoms with E-state index in [1.165, 1.54) is 6.20 Å². The Hall–Kier alpha value is -1.40. The van der Waals surface area contributed by atoms with Gasteiger partial charge in [-0.05, 0) is 19.1 Å². The van der Waals surface area contributed by atoms with E-state index in [1.807, 2.05) is 19.1 Å². The van der Waals surface area contributed by atoms with Crippen LogP contribution in [0.15, 0.2) is 41.6 Å². The van der Waals surface area contributed by atoms with E-state index >= 15 is 0 Å². The Balaban J connectivity index is 2.29. The zero-order valence-corrected chi connectivity index (χ0v) is 10.2. The fourth-order valence-corrected chi connectivity index (χ4v) is 2.54. The van der Waals surface area contributed by atoms with Crippen LogP contribution >= 0.6 is 0 Å². The van der Waals surface area contributed by atoms with Gasteiger partial charge in [-0.1, -0.05) is 17.7 Å². The van der Waals surface area contributed by atoms with Gasteiger partial charge in [0.2, 0.25) is 8.77 Å². The lowest BCUT2D eigenvalue weighted by molar-refractivity contribution is 0.530. The van der Waals surface area contributed by atoms with Crippen molar-refractivity contribution in [3.63, 3.8) is 0 Å². The molecule has 0 amide bonds. The van der Waals surface area contributed by atoms with Crippen LogP contribution in [0.25, 0.3) is 0 Å². The van der Waals surface area contributed by atoms with Gasteiger partial charge in [0, 0.05) is 23.6 Å². The van der Waals surface area contributed by atoms with Gasteiger partial charge in [-0.2, -0.15) is 0 Å². The van der Waals surface area contributed by atoms with Crippen molar-refractivity contribution in [3.8, 4) is 6.01 Å². The summed E-state index contributed by atoms with van der Waals surface area (Å²) in [6, 6.07) is 7.25. The van der Waals surface area contributed by atoms with Crippen molar-refractivity contribution in [1.29, 1.82) is 0 Å². The van der Waals surface area contributed by atoms with E-state index in [9.17, 15) is 4.21 Å². The van der Waals surface area contributed by atoms with Gasteiger partial charge in [-0.25, -0.2) is 9.19 Å². The van der Waals surface area contributed by atoms with E-state index in [4.69, 9.17) is 15.4 Å². The van der Waals surface area contributed by atoms with Crippen LogP contribution in [0.4, 0.5) is 0 Å². The molecule has 6 heteroatoms. The first kappa shape index (κ1) is 11.1. The van der Waals surface area contributed by atoms with Crippen molar-refractivity contribution in [1.82, 2.24) is 9.97 Å². The highest BCUT2D eigenvalue weighted by atomic mass is 32.8. The average molecular weight is 254 g/mol. The zero-order valence-electron chi connectivity index (χ0n) is 8.54. The van der Waals surface area contributed by atoms with E-state index in [0.717, 1.165) is 5.56 Å². The van der Waals surface area contributed by atoms with Gasteiger partial charge in [0.25, 0.3) is 0 Å². The highest BCUT2D eigenvalue weighted by Gasteiger charge is 2.13. The fraction of sp³-hybridized carbons (Fsp3) is 0.100. The molecule has 0 spiro atoms. The van der Waals surface area contributed by atoms with Gasteiger partial charge in [0.15, 0.2) is 0 Å². The number of hydrogen-bond donors (Lipinski definition) is 1. The van der Waals surface area contributed by atoms with E-state index in [1.54, 1.807) is 18.3 Å². The number of benzene rings is 1. The topological polar surface area (TPSA) is 55.0 Å². The van der Waals surface area contributed by atoms with Gasteiger partial charge < -0.3 is 9.17 Å². The summed E-state index contributed by atoms with van der Waals surface area (Å²) in [4.78, 5) is 6.99. The van der Waals surface area contributed by atoms with E-state index in [0.29, 0.717) is 4.90 Å². The molecule has 0 aliphatic heterocycles. The molecule has 0 aliphatic rings. The van der Waals surface area contributed by atoms with Gasteiger partial charge in [-0.3, -0.25) is 0 Å². The maximum atomic E-state index is 12.1. The number of hydrogen-bond acceptors (Lipinski definition) is 4. The Labute approximate surface area is 98.6 Å². The summed E-state index contributed by atoms with van der Waals surface area (Å²) in [6.07, 6.45) is 3.09. The smallest absolute Gasteiger partial charge is 0.308 e. The number of rotatable bonds is 3. The van der Waals surface area contributed by atoms with Crippen LogP contribution in [0.5, 0.6) is 6.01 Å². The second-order valence-corrected chi connectivity index (χ2v) is 6.11. The maximum absolute atomic E-state index is 12.1. The first-order valence-electron chi connectivity index (χ1n) is 4.58.